The van der Waals surface area contributed by atoms with Crippen molar-refractivity contribution in [3.8, 4) is 0 Å². The summed E-state index contributed by atoms with van der Waals surface area (Å²) in [5.41, 5.74) is 1.16. The second kappa shape index (κ2) is 7.46. The summed E-state index contributed by atoms with van der Waals surface area (Å²) in [6.45, 7) is 4.67. The van der Waals surface area contributed by atoms with Gasteiger partial charge in [0.05, 0.1) is 6.42 Å². The van der Waals surface area contributed by atoms with Crippen molar-refractivity contribution in [2.75, 3.05) is 11.9 Å². The summed E-state index contributed by atoms with van der Waals surface area (Å²) in [5, 5.41) is 10.0. The predicted octanol–water partition coefficient (Wildman–Crippen LogP) is 1.72. The number of carbonyl (C=O) groups excluding carboxylic acids is 2. The van der Waals surface area contributed by atoms with Crippen LogP contribution in [-0.4, -0.2) is 33.1 Å². The topological polar surface area (TPSA) is 88.9 Å². The molecule has 0 saturated carbocycles. The van der Waals surface area contributed by atoms with Gasteiger partial charge in [0.2, 0.25) is 17.8 Å². The fraction of sp³-hybridized carbons (Fsp3) is 0.444. The maximum Gasteiger partial charge on any atom is 0.245 e. The molecule has 2 heterocycles. The van der Waals surface area contributed by atoms with Crippen molar-refractivity contribution in [3.05, 3.63) is 41.7 Å². The quantitative estimate of drug-likeness (QED) is 0.837. The van der Waals surface area contributed by atoms with E-state index >= 15 is 0 Å². The molecule has 0 saturated heterocycles. The molecular formula is C18H23N5O2. The number of benzene rings is 1. The van der Waals surface area contributed by atoms with Gasteiger partial charge in [-0.2, -0.15) is 10.1 Å². The maximum absolute atomic E-state index is 12.5. The van der Waals surface area contributed by atoms with E-state index in [1.165, 1.54) is 4.68 Å². The Morgan fingerprint density at radius 2 is 2.12 bits per heavy atom. The third-order valence-electron chi connectivity index (χ3n) is 4.05. The van der Waals surface area contributed by atoms with E-state index in [0.29, 0.717) is 30.7 Å². The molecular weight excluding hydrogens is 318 g/mol. The van der Waals surface area contributed by atoms with Gasteiger partial charge in [-0.15, -0.1) is 0 Å². The SMILES string of the molecule is CC(C)Cc1nc2n(n1)C(C(=O)NCCc1ccccc1)CC(=O)N2. The van der Waals surface area contributed by atoms with E-state index in [9.17, 15) is 9.59 Å². The van der Waals surface area contributed by atoms with Gasteiger partial charge in [0.15, 0.2) is 5.82 Å². The Morgan fingerprint density at radius 1 is 1.36 bits per heavy atom. The fourth-order valence-corrected chi connectivity index (χ4v) is 2.86. The minimum absolute atomic E-state index is 0.0780. The largest absolute Gasteiger partial charge is 0.354 e. The van der Waals surface area contributed by atoms with Crippen molar-refractivity contribution in [3.63, 3.8) is 0 Å². The molecule has 1 unspecified atom stereocenters. The molecule has 1 aliphatic heterocycles. The molecule has 132 valence electrons. The summed E-state index contributed by atoms with van der Waals surface area (Å²) in [5.74, 6) is 0.995. The Balaban J connectivity index is 1.66. The zero-order valence-electron chi connectivity index (χ0n) is 14.5. The van der Waals surface area contributed by atoms with E-state index in [0.717, 1.165) is 12.0 Å². The Bertz CT molecular complexity index is 754. The molecule has 25 heavy (non-hydrogen) atoms. The predicted molar refractivity (Wildman–Crippen MR) is 94.0 cm³/mol. The van der Waals surface area contributed by atoms with Gasteiger partial charge in [0.1, 0.15) is 6.04 Å². The summed E-state index contributed by atoms with van der Waals surface area (Å²) in [6, 6.07) is 9.31. The number of anilines is 1. The molecule has 0 aliphatic carbocycles. The highest BCUT2D eigenvalue weighted by Crippen LogP contribution is 2.23. The van der Waals surface area contributed by atoms with Crippen LogP contribution >= 0.6 is 0 Å². The molecule has 1 aromatic heterocycles. The first kappa shape index (κ1) is 17.1. The highest BCUT2D eigenvalue weighted by molar-refractivity contribution is 5.96. The van der Waals surface area contributed by atoms with Crippen molar-refractivity contribution in [1.82, 2.24) is 20.1 Å². The molecule has 0 radical (unpaired) electrons. The number of fused-ring (bicyclic) bond motifs is 1. The Kier molecular flexibility index (Phi) is 5.11. The highest BCUT2D eigenvalue weighted by atomic mass is 16.2. The van der Waals surface area contributed by atoms with Crippen molar-refractivity contribution in [1.29, 1.82) is 0 Å². The number of nitrogens with one attached hydrogen (secondary N) is 2. The monoisotopic (exact) mass is 341 g/mol. The summed E-state index contributed by atoms with van der Waals surface area (Å²) in [7, 11) is 0. The molecule has 0 spiro atoms. The van der Waals surface area contributed by atoms with Gasteiger partial charge in [0.25, 0.3) is 0 Å². The van der Waals surface area contributed by atoms with Crippen LogP contribution in [0.3, 0.4) is 0 Å². The van der Waals surface area contributed by atoms with E-state index in [1.807, 2.05) is 30.3 Å². The average Bonchev–Trinajstić information content (AvgIpc) is 2.96. The van der Waals surface area contributed by atoms with Gasteiger partial charge >= 0.3 is 0 Å². The van der Waals surface area contributed by atoms with Crippen LogP contribution in [0.15, 0.2) is 30.3 Å². The Morgan fingerprint density at radius 3 is 2.84 bits per heavy atom. The number of aromatic nitrogens is 3. The molecule has 0 bridgehead atoms. The Labute approximate surface area is 146 Å². The molecule has 1 aliphatic rings. The van der Waals surface area contributed by atoms with Crippen LogP contribution in [0, 0.1) is 5.92 Å². The third kappa shape index (κ3) is 4.23. The van der Waals surface area contributed by atoms with Crippen LogP contribution in [-0.2, 0) is 22.4 Å². The molecule has 0 fully saturated rings. The van der Waals surface area contributed by atoms with E-state index in [1.54, 1.807) is 0 Å². The van der Waals surface area contributed by atoms with Gasteiger partial charge in [0, 0.05) is 13.0 Å². The zero-order valence-corrected chi connectivity index (χ0v) is 14.5. The summed E-state index contributed by atoms with van der Waals surface area (Å²) < 4.78 is 1.54. The zero-order chi connectivity index (χ0) is 17.8. The first-order chi connectivity index (χ1) is 12.0. The van der Waals surface area contributed by atoms with Crippen LogP contribution in [0.1, 0.15) is 37.7 Å². The van der Waals surface area contributed by atoms with Gasteiger partial charge in [-0.1, -0.05) is 44.2 Å². The molecule has 1 atom stereocenters. The van der Waals surface area contributed by atoms with E-state index < -0.39 is 6.04 Å². The second-order valence-corrected chi connectivity index (χ2v) is 6.69. The lowest BCUT2D eigenvalue weighted by molar-refractivity contribution is -0.128. The average molecular weight is 341 g/mol. The maximum atomic E-state index is 12.5. The van der Waals surface area contributed by atoms with Crippen LogP contribution in [0.25, 0.3) is 0 Å². The third-order valence-corrected chi connectivity index (χ3v) is 4.05. The molecule has 1 aromatic carbocycles. The van der Waals surface area contributed by atoms with Crippen molar-refractivity contribution in [2.45, 2.75) is 39.2 Å². The van der Waals surface area contributed by atoms with E-state index in [2.05, 4.69) is 34.6 Å². The van der Waals surface area contributed by atoms with Crippen LogP contribution < -0.4 is 10.6 Å². The number of carbonyl (C=O) groups is 2. The van der Waals surface area contributed by atoms with Crippen molar-refractivity contribution < 1.29 is 9.59 Å². The van der Waals surface area contributed by atoms with Gasteiger partial charge in [-0.05, 0) is 17.9 Å². The number of hydrogen-bond donors (Lipinski definition) is 2. The van der Waals surface area contributed by atoms with E-state index in [-0.39, 0.29) is 18.2 Å². The van der Waals surface area contributed by atoms with Gasteiger partial charge < -0.3 is 5.32 Å². The minimum Gasteiger partial charge on any atom is -0.354 e. The van der Waals surface area contributed by atoms with E-state index in [4.69, 9.17) is 0 Å². The lowest BCUT2D eigenvalue weighted by Crippen LogP contribution is -2.39. The molecule has 3 rings (SSSR count). The van der Waals surface area contributed by atoms with Crippen molar-refractivity contribution >= 4 is 17.8 Å². The summed E-state index contributed by atoms with van der Waals surface area (Å²) in [4.78, 5) is 28.8. The molecule has 7 heteroatoms. The number of rotatable bonds is 6. The highest BCUT2D eigenvalue weighted by Gasteiger charge is 2.32. The smallest absolute Gasteiger partial charge is 0.245 e. The normalized spacial score (nSPS) is 16.4. The first-order valence-corrected chi connectivity index (χ1v) is 8.60. The molecule has 7 nitrogen and oxygen atoms in total. The van der Waals surface area contributed by atoms with Crippen molar-refractivity contribution in [2.24, 2.45) is 5.92 Å². The minimum atomic E-state index is -0.645. The van der Waals surface area contributed by atoms with Crippen LogP contribution in [0.4, 0.5) is 5.95 Å². The standard InChI is InChI=1S/C18H23N5O2/c1-12(2)10-15-20-18-21-16(24)11-14(23(18)22-15)17(25)19-9-8-13-6-4-3-5-7-13/h3-7,12,14H,8-11H2,1-2H3,(H,19,25)(H,20,21,22,24). The van der Waals surface area contributed by atoms with Gasteiger partial charge in [-0.3, -0.25) is 14.9 Å². The lowest BCUT2D eigenvalue weighted by atomic mass is 10.1. The number of hydrogen-bond acceptors (Lipinski definition) is 4. The first-order valence-electron chi connectivity index (χ1n) is 8.60. The number of amides is 2. The molecule has 2 amide bonds. The fourth-order valence-electron chi connectivity index (χ4n) is 2.86. The summed E-state index contributed by atoms with van der Waals surface area (Å²) in [6.07, 6.45) is 1.53. The Hall–Kier alpha value is -2.70. The molecule has 2 aromatic rings. The van der Waals surface area contributed by atoms with Gasteiger partial charge in [-0.25, -0.2) is 4.68 Å². The second-order valence-electron chi connectivity index (χ2n) is 6.69. The number of nitrogens with zero attached hydrogens (tertiary/aromatic N) is 3. The summed E-state index contributed by atoms with van der Waals surface area (Å²) >= 11 is 0. The van der Waals surface area contributed by atoms with Crippen LogP contribution in [0.2, 0.25) is 0 Å². The lowest BCUT2D eigenvalue weighted by Gasteiger charge is -2.22. The van der Waals surface area contributed by atoms with Crippen LogP contribution in [0.5, 0.6) is 0 Å². The molecule has 2 N–H and O–H groups in total.